The molecule has 0 aromatic heterocycles. The Kier molecular flexibility index (Phi) is 4.62. The number of hydrogen-bond donors (Lipinski definition) is 1. The zero-order valence-electron chi connectivity index (χ0n) is 13.6. The van der Waals surface area contributed by atoms with Crippen LogP contribution in [0.15, 0.2) is 42.5 Å². The highest BCUT2D eigenvalue weighted by Gasteiger charge is 2.50. The van der Waals surface area contributed by atoms with Crippen LogP contribution >= 0.6 is 11.6 Å². The number of hydrogen-bond acceptors (Lipinski definition) is 3. The highest BCUT2D eigenvalue weighted by Crippen LogP contribution is 2.44. The zero-order valence-corrected chi connectivity index (χ0v) is 14.4. The molecule has 1 unspecified atom stereocenters. The highest BCUT2D eigenvalue weighted by atomic mass is 35.5. The Bertz CT molecular complexity index is 837. The van der Waals surface area contributed by atoms with E-state index in [9.17, 15) is 19.1 Å². The molecule has 0 aliphatic carbocycles. The van der Waals surface area contributed by atoms with Gasteiger partial charge in [-0.1, -0.05) is 18.5 Å². The number of rotatable bonds is 5. The van der Waals surface area contributed by atoms with E-state index in [1.165, 1.54) is 35.2 Å². The molecule has 1 aliphatic heterocycles. The standard InChI is InChI=1S/C19H17ClFNO3/c1-2-9-22-16-8-5-13(20)10-15(16)19(25,18(22)24)11-17(23)12-3-6-14(21)7-4-12/h3-8,10,25H,2,9,11H2,1H3. The largest absolute Gasteiger partial charge is 0.375 e. The lowest BCUT2D eigenvalue weighted by atomic mass is 9.88. The Morgan fingerprint density at radius 1 is 1.24 bits per heavy atom. The summed E-state index contributed by atoms with van der Waals surface area (Å²) in [5, 5.41) is 11.4. The van der Waals surface area contributed by atoms with Crippen LogP contribution in [-0.2, 0) is 10.4 Å². The van der Waals surface area contributed by atoms with Crippen LogP contribution in [0.5, 0.6) is 0 Å². The van der Waals surface area contributed by atoms with E-state index in [4.69, 9.17) is 11.6 Å². The summed E-state index contributed by atoms with van der Waals surface area (Å²) in [5.41, 5.74) is -0.847. The molecule has 3 rings (SSSR count). The molecule has 4 nitrogen and oxygen atoms in total. The lowest BCUT2D eigenvalue weighted by Crippen LogP contribution is -2.42. The van der Waals surface area contributed by atoms with Gasteiger partial charge >= 0.3 is 0 Å². The van der Waals surface area contributed by atoms with Gasteiger partial charge in [-0.15, -0.1) is 0 Å². The van der Waals surface area contributed by atoms with Gasteiger partial charge in [-0.05, 0) is 48.9 Å². The van der Waals surface area contributed by atoms with Gasteiger partial charge in [0.1, 0.15) is 5.82 Å². The Morgan fingerprint density at radius 2 is 1.92 bits per heavy atom. The van der Waals surface area contributed by atoms with Crippen molar-refractivity contribution in [1.82, 2.24) is 0 Å². The molecule has 1 aliphatic rings. The molecule has 0 saturated carbocycles. The summed E-state index contributed by atoms with van der Waals surface area (Å²) in [6.45, 7) is 2.35. The van der Waals surface area contributed by atoms with Crippen LogP contribution < -0.4 is 4.90 Å². The molecule has 0 bridgehead atoms. The van der Waals surface area contributed by atoms with Crippen LogP contribution in [0.1, 0.15) is 35.7 Å². The third-order valence-corrected chi connectivity index (χ3v) is 4.56. The molecule has 130 valence electrons. The number of nitrogens with zero attached hydrogens (tertiary/aromatic N) is 1. The normalized spacial score (nSPS) is 19.2. The van der Waals surface area contributed by atoms with Crippen LogP contribution in [-0.4, -0.2) is 23.3 Å². The second-order valence-corrected chi connectivity index (χ2v) is 6.52. The van der Waals surface area contributed by atoms with Crippen molar-refractivity contribution in [2.75, 3.05) is 11.4 Å². The summed E-state index contributed by atoms with van der Waals surface area (Å²) >= 11 is 6.03. The van der Waals surface area contributed by atoms with E-state index in [1.54, 1.807) is 12.1 Å². The molecule has 1 heterocycles. The van der Waals surface area contributed by atoms with Gasteiger partial charge in [-0.2, -0.15) is 0 Å². The van der Waals surface area contributed by atoms with Gasteiger partial charge in [-0.3, -0.25) is 9.59 Å². The van der Waals surface area contributed by atoms with Crippen LogP contribution in [0, 0.1) is 5.82 Å². The Hall–Kier alpha value is -2.24. The van der Waals surface area contributed by atoms with Crippen molar-refractivity contribution in [3.63, 3.8) is 0 Å². The molecule has 2 aromatic rings. The van der Waals surface area contributed by atoms with E-state index in [-0.39, 0.29) is 5.56 Å². The van der Waals surface area contributed by atoms with E-state index in [2.05, 4.69) is 0 Å². The van der Waals surface area contributed by atoms with E-state index in [1.807, 2.05) is 6.92 Å². The van der Waals surface area contributed by atoms with Gasteiger partial charge in [-0.25, -0.2) is 4.39 Å². The SMILES string of the molecule is CCCN1C(=O)C(O)(CC(=O)c2ccc(F)cc2)c2cc(Cl)ccc21. The van der Waals surface area contributed by atoms with Crippen molar-refractivity contribution in [1.29, 1.82) is 0 Å². The number of benzene rings is 2. The van der Waals surface area contributed by atoms with Gasteiger partial charge in [0.25, 0.3) is 5.91 Å². The molecule has 1 amide bonds. The second-order valence-electron chi connectivity index (χ2n) is 6.09. The first kappa shape index (κ1) is 17.6. The molecule has 0 fully saturated rings. The van der Waals surface area contributed by atoms with Gasteiger partial charge < -0.3 is 10.0 Å². The Morgan fingerprint density at radius 3 is 2.56 bits per heavy atom. The first-order valence-electron chi connectivity index (χ1n) is 8.00. The first-order chi connectivity index (χ1) is 11.9. The van der Waals surface area contributed by atoms with Crippen LogP contribution in [0.25, 0.3) is 0 Å². The topological polar surface area (TPSA) is 57.6 Å². The summed E-state index contributed by atoms with van der Waals surface area (Å²) in [6, 6.07) is 9.84. The molecular formula is C19H17ClFNO3. The lowest BCUT2D eigenvalue weighted by molar-refractivity contribution is -0.135. The second kappa shape index (κ2) is 6.58. The maximum absolute atomic E-state index is 13.0. The molecule has 2 aromatic carbocycles. The van der Waals surface area contributed by atoms with E-state index < -0.39 is 29.5 Å². The molecule has 1 N–H and O–H groups in total. The number of anilines is 1. The predicted octanol–water partition coefficient (Wildman–Crippen LogP) is 3.70. The third-order valence-electron chi connectivity index (χ3n) is 4.32. The molecule has 0 radical (unpaired) electrons. The summed E-state index contributed by atoms with van der Waals surface area (Å²) < 4.78 is 13.0. The third kappa shape index (κ3) is 3.05. The average molecular weight is 362 g/mol. The zero-order chi connectivity index (χ0) is 18.2. The molecule has 25 heavy (non-hydrogen) atoms. The summed E-state index contributed by atoms with van der Waals surface area (Å²) in [6.07, 6.45) is 0.279. The number of halogens is 2. The fraction of sp³-hybridized carbons (Fsp3) is 0.263. The number of Topliss-reactive ketones (excluding diaryl/α,β-unsaturated/α-hetero) is 1. The van der Waals surface area contributed by atoms with Gasteiger partial charge in [0.15, 0.2) is 11.4 Å². The van der Waals surface area contributed by atoms with Crippen LogP contribution in [0.2, 0.25) is 5.02 Å². The van der Waals surface area contributed by atoms with Crippen LogP contribution in [0.4, 0.5) is 10.1 Å². The highest BCUT2D eigenvalue weighted by molar-refractivity contribution is 6.31. The van der Waals surface area contributed by atoms with E-state index >= 15 is 0 Å². The van der Waals surface area contributed by atoms with Crippen molar-refractivity contribution >= 4 is 29.0 Å². The average Bonchev–Trinajstić information content (AvgIpc) is 2.77. The van der Waals surface area contributed by atoms with E-state index in [0.29, 0.717) is 29.2 Å². The maximum Gasteiger partial charge on any atom is 0.264 e. The number of aliphatic hydroxyl groups is 1. The minimum atomic E-state index is -1.97. The Labute approximate surface area is 149 Å². The Balaban J connectivity index is 1.99. The van der Waals surface area contributed by atoms with Gasteiger partial charge in [0, 0.05) is 22.7 Å². The lowest BCUT2D eigenvalue weighted by Gasteiger charge is -2.22. The molecular weight excluding hydrogens is 345 g/mol. The van der Waals surface area contributed by atoms with Crippen molar-refractivity contribution in [2.24, 2.45) is 0 Å². The maximum atomic E-state index is 13.0. The van der Waals surface area contributed by atoms with Crippen LogP contribution in [0.3, 0.4) is 0 Å². The van der Waals surface area contributed by atoms with E-state index in [0.717, 1.165) is 0 Å². The number of carbonyl (C=O) groups is 2. The number of carbonyl (C=O) groups excluding carboxylic acids is 2. The minimum Gasteiger partial charge on any atom is -0.375 e. The summed E-state index contributed by atoms with van der Waals surface area (Å²) in [5.74, 6) is -1.44. The first-order valence-corrected chi connectivity index (χ1v) is 8.37. The number of fused-ring (bicyclic) bond motifs is 1. The summed E-state index contributed by atoms with van der Waals surface area (Å²) in [4.78, 5) is 26.8. The predicted molar refractivity (Wildman–Crippen MR) is 93.3 cm³/mol. The minimum absolute atomic E-state index is 0.236. The van der Waals surface area contributed by atoms with Gasteiger partial charge in [0.2, 0.25) is 0 Å². The van der Waals surface area contributed by atoms with Gasteiger partial charge in [0.05, 0.1) is 12.1 Å². The number of ketones is 1. The number of amides is 1. The quantitative estimate of drug-likeness (QED) is 0.826. The molecule has 6 heteroatoms. The molecule has 1 atom stereocenters. The monoisotopic (exact) mass is 361 g/mol. The van der Waals surface area contributed by atoms with Crippen molar-refractivity contribution in [3.05, 3.63) is 64.4 Å². The van der Waals surface area contributed by atoms with Crippen molar-refractivity contribution < 1.29 is 19.1 Å². The molecule has 0 saturated heterocycles. The van der Waals surface area contributed by atoms with Crippen molar-refractivity contribution in [3.8, 4) is 0 Å². The fourth-order valence-corrected chi connectivity index (χ4v) is 3.28. The fourth-order valence-electron chi connectivity index (χ4n) is 3.11. The smallest absolute Gasteiger partial charge is 0.264 e. The summed E-state index contributed by atoms with van der Waals surface area (Å²) in [7, 11) is 0. The molecule has 0 spiro atoms. The van der Waals surface area contributed by atoms with Crippen molar-refractivity contribution in [2.45, 2.75) is 25.4 Å².